The molecule has 2 atom stereocenters. The molecule has 2 aromatic rings. The summed E-state index contributed by atoms with van der Waals surface area (Å²) in [6.45, 7) is 0. The van der Waals surface area contributed by atoms with Crippen LogP contribution in [-0.4, -0.2) is 4.92 Å². The molecule has 0 amide bonds. The fraction of sp³-hybridized carbons (Fsp3) is 0.125. The molecule has 5 rings (SSSR count). The first kappa shape index (κ1) is 10.5. The predicted molar refractivity (Wildman–Crippen MR) is 72.4 cm³/mol. The van der Waals surface area contributed by atoms with Gasteiger partial charge in [-0.3, -0.25) is 10.1 Å². The third-order valence-corrected chi connectivity index (χ3v) is 4.11. The van der Waals surface area contributed by atoms with Crippen molar-refractivity contribution in [2.24, 2.45) is 0 Å². The van der Waals surface area contributed by atoms with E-state index in [9.17, 15) is 10.1 Å². The molecule has 0 saturated carbocycles. The minimum Gasteiger partial charge on any atom is -0.258 e. The summed E-state index contributed by atoms with van der Waals surface area (Å²) in [5.74, 6) is 0.410. The molecule has 0 saturated heterocycles. The summed E-state index contributed by atoms with van der Waals surface area (Å²) in [5, 5.41) is 10.9. The maximum Gasteiger partial charge on any atom is 0.269 e. The quantitative estimate of drug-likeness (QED) is 0.439. The SMILES string of the molecule is O=[N+]([O-])c1ccc2c(c1)[C@H]1C=C[C@@H]2c2ccccc21. The van der Waals surface area contributed by atoms with Crippen LogP contribution in [0.3, 0.4) is 0 Å². The zero-order chi connectivity index (χ0) is 13.0. The van der Waals surface area contributed by atoms with Gasteiger partial charge in [-0.1, -0.05) is 42.5 Å². The summed E-state index contributed by atoms with van der Waals surface area (Å²) in [6.07, 6.45) is 4.38. The van der Waals surface area contributed by atoms with E-state index in [0.29, 0.717) is 0 Å². The van der Waals surface area contributed by atoms with E-state index >= 15 is 0 Å². The van der Waals surface area contributed by atoms with Gasteiger partial charge in [-0.05, 0) is 22.3 Å². The van der Waals surface area contributed by atoms with Crippen molar-refractivity contribution in [2.75, 3.05) is 0 Å². The number of nitro benzene ring substituents is 1. The lowest BCUT2D eigenvalue weighted by atomic mass is 9.68. The van der Waals surface area contributed by atoms with Gasteiger partial charge >= 0.3 is 0 Å². The number of nitro groups is 1. The van der Waals surface area contributed by atoms with Gasteiger partial charge in [0.2, 0.25) is 0 Å². The van der Waals surface area contributed by atoms with Crippen LogP contribution < -0.4 is 0 Å². The number of benzene rings is 2. The zero-order valence-electron chi connectivity index (χ0n) is 10.1. The number of non-ortho nitro benzene ring substituents is 1. The average molecular weight is 249 g/mol. The fourth-order valence-corrected chi connectivity index (χ4v) is 3.28. The molecule has 19 heavy (non-hydrogen) atoms. The lowest BCUT2D eigenvalue weighted by Crippen LogP contribution is -2.20. The second kappa shape index (κ2) is 3.54. The second-order valence-corrected chi connectivity index (χ2v) is 5.04. The Balaban J connectivity index is 1.96. The minimum absolute atomic E-state index is 0.163. The molecular formula is C16H11NO2. The predicted octanol–water partition coefficient (Wildman–Crippen LogP) is 3.74. The number of rotatable bonds is 1. The molecule has 2 aromatic carbocycles. The topological polar surface area (TPSA) is 43.1 Å². The van der Waals surface area contributed by atoms with Crippen molar-refractivity contribution in [3.8, 4) is 0 Å². The molecule has 0 unspecified atom stereocenters. The summed E-state index contributed by atoms with van der Waals surface area (Å²) in [5.41, 5.74) is 5.08. The molecule has 0 N–H and O–H groups in total. The molecular weight excluding hydrogens is 238 g/mol. The average Bonchev–Trinajstić information content (AvgIpc) is 2.47. The van der Waals surface area contributed by atoms with Crippen LogP contribution in [0.1, 0.15) is 34.1 Å². The third kappa shape index (κ3) is 1.32. The first-order valence-corrected chi connectivity index (χ1v) is 6.31. The van der Waals surface area contributed by atoms with Crippen LogP contribution in [0.25, 0.3) is 0 Å². The van der Waals surface area contributed by atoms with Gasteiger partial charge in [0.25, 0.3) is 5.69 Å². The van der Waals surface area contributed by atoms with Gasteiger partial charge in [-0.15, -0.1) is 0 Å². The van der Waals surface area contributed by atoms with Crippen molar-refractivity contribution in [1.29, 1.82) is 0 Å². The Hall–Kier alpha value is -2.42. The Morgan fingerprint density at radius 1 is 0.842 bits per heavy atom. The van der Waals surface area contributed by atoms with Crippen molar-refractivity contribution in [3.05, 3.63) is 87.0 Å². The van der Waals surface area contributed by atoms with Crippen molar-refractivity contribution >= 4 is 5.69 Å². The monoisotopic (exact) mass is 249 g/mol. The smallest absolute Gasteiger partial charge is 0.258 e. The Morgan fingerprint density at radius 3 is 2.05 bits per heavy atom. The molecule has 3 heteroatoms. The molecule has 2 bridgehead atoms. The van der Waals surface area contributed by atoms with E-state index < -0.39 is 0 Å². The number of allylic oxidation sites excluding steroid dienone is 2. The summed E-state index contributed by atoms with van der Waals surface area (Å²) < 4.78 is 0. The van der Waals surface area contributed by atoms with Crippen LogP contribution in [0.15, 0.2) is 54.6 Å². The Bertz CT molecular complexity index is 733. The summed E-state index contributed by atoms with van der Waals surface area (Å²) in [4.78, 5) is 10.6. The summed E-state index contributed by atoms with van der Waals surface area (Å²) in [6, 6.07) is 13.6. The largest absolute Gasteiger partial charge is 0.269 e. The normalized spacial score (nSPS) is 21.9. The Kier molecular flexibility index (Phi) is 1.96. The van der Waals surface area contributed by atoms with Crippen LogP contribution in [0.4, 0.5) is 5.69 Å². The molecule has 3 aliphatic rings. The molecule has 0 spiro atoms. The maximum atomic E-state index is 10.9. The first-order valence-electron chi connectivity index (χ1n) is 6.31. The standard InChI is InChI=1S/C16H11NO2/c18-17(19)10-5-6-14-13-7-8-15(16(14)9-10)12-4-2-1-3-11(12)13/h1-9,13,15H/t13-,15+/m1/s1. The number of hydrogen-bond donors (Lipinski definition) is 0. The van der Waals surface area contributed by atoms with Crippen molar-refractivity contribution in [3.63, 3.8) is 0 Å². The van der Waals surface area contributed by atoms with Gasteiger partial charge in [0, 0.05) is 24.0 Å². The van der Waals surface area contributed by atoms with Crippen molar-refractivity contribution in [2.45, 2.75) is 11.8 Å². The highest BCUT2D eigenvalue weighted by atomic mass is 16.6. The molecule has 3 aliphatic carbocycles. The van der Waals surface area contributed by atoms with E-state index in [1.54, 1.807) is 12.1 Å². The Morgan fingerprint density at radius 2 is 1.42 bits per heavy atom. The van der Waals surface area contributed by atoms with Gasteiger partial charge < -0.3 is 0 Å². The highest BCUT2D eigenvalue weighted by molar-refractivity contribution is 5.62. The van der Waals surface area contributed by atoms with Crippen molar-refractivity contribution in [1.82, 2.24) is 0 Å². The van der Waals surface area contributed by atoms with Crippen molar-refractivity contribution < 1.29 is 4.92 Å². The number of nitrogens with zero attached hydrogens (tertiary/aromatic N) is 1. The zero-order valence-corrected chi connectivity index (χ0v) is 10.1. The fourth-order valence-electron chi connectivity index (χ4n) is 3.28. The molecule has 3 nitrogen and oxygen atoms in total. The third-order valence-electron chi connectivity index (χ3n) is 4.11. The molecule has 0 aliphatic heterocycles. The van der Waals surface area contributed by atoms with Gasteiger partial charge in [0.15, 0.2) is 0 Å². The lowest BCUT2D eigenvalue weighted by Gasteiger charge is -2.35. The second-order valence-electron chi connectivity index (χ2n) is 5.04. The molecule has 0 fully saturated rings. The van der Waals surface area contributed by atoms with Crippen LogP contribution in [0, 0.1) is 10.1 Å². The first-order chi connectivity index (χ1) is 9.25. The van der Waals surface area contributed by atoms with Crippen LogP contribution in [0.2, 0.25) is 0 Å². The van der Waals surface area contributed by atoms with E-state index in [-0.39, 0.29) is 22.4 Å². The van der Waals surface area contributed by atoms with Crippen LogP contribution in [-0.2, 0) is 0 Å². The van der Waals surface area contributed by atoms with E-state index in [1.165, 1.54) is 16.7 Å². The van der Waals surface area contributed by atoms with Crippen LogP contribution in [0.5, 0.6) is 0 Å². The summed E-state index contributed by atoms with van der Waals surface area (Å²) >= 11 is 0. The van der Waals surface area contributed by atoms with Crippen LogP contribution >= 0.6 is 0 Å². The summed E-state index contributed by atoms with van der Waals surface area (Å²) in [7, 11) is 0. The lowest BCUT2D eigenvalue weighted by molar-refractivity contribution is -0.384. The molecule has 0 heterocycles. The van der Waals surface area contributed by atoms with Gasteiger partial charge in [-0.2, -0.15) is 0 Å². The minimum atomic E-state index is -0.321. The highest BCUT2D eigenvalue weighted by Gasteiger charge is 2.34. The molecule has 0 aromatic heterocycles. The van der Waals surface area contributed by atoms with E-state index in [1.807, 2.05) is 12.1 Å². The van der Waals surface area contributed by atoms with Gasteiger partial charge in [-0.25, -0.2) is 0 Å². The Labute approximate surface area is 110 Å². The highest BCUT2D eigenvalue weighted by Crippen LogP contribution is 2.49. The van der Waals surface area contributed by atoms with Gasteiger partial charge in [0.1, 0.15) is 0 Å². The maximum absolute atomic E-state index is 10.9. The van der Waals surface area contributed by atoms with E-state index in [4.69, 9.17) is 0 Å². The van der Waals surface area contributed by atoms with E-state index in [2.05, 4.69) is 30.4 Å². The van der Waals surface area contributed by atoms with Gasteiger partial charge in [0.05, 0.1) is 4.92 Å². The molecule has 0 radical (unpaired) electrons. The van der Waals surface area contributed by atoms with E-state index in [0.717, 1.165) is 5.56 Å². The number of hydrogen-bond acceptors (Lipinski definition) is 2. The molecule has 92 valence electrons.